The number of anilines is 3. The van der Waals surface area contributed by atoms with E-state index in [1.807, 2.05) is 13.8 Å². The van der Waals surface area contributed by atoms with Crippen LogP contribution in [0.2, 0.25) is 0 Å². The van der Waals surface area contributed by atoms with Crippen LogP contribution in [0.3, 0.4) is 0 Å². The fourth-order valence-corrected chi connectivity index (χ4v) is 4.79. The summed E-state index contributed by atoms with van der Waals surface area (Å²) in [6.45, 7) is 3.65. The van der Waals surface area contributed by atoms with E-state index in [1.165, 1.54) is 10.9 Å². The van der Waals surface area contributed by atoms with Gasteiger partial charge in [-0.15, -0.1) is 0 Å². The topological polar surface area (TPSA) is 148 Å². The van der Waals surface area contributed by atoms with Crippen molar-refractivity contribution < 1.29 is 14.7 Å². The molecule has 31 heavy (non-hydrogen) atoms. The molecule has 0 aromatic carbocycles. The Morgan fingerprint density at radius 3 is 2.71 bits per heavy atom. The maximum absolute atomic E-state index is 12.0. The largest absolute Gasteiger partial charge is 0.480 e. The molecule has 0 radical (unpaired) electrons. The number of allylic oxidation sites excluding steroid dienone is 1. The number of aromatic nitrogens is 4. The van der Waals surface area contributed by atoms with E-state index < -0.39 is 12.0 Å². The minimum absolute atomic E-state index is 0.126. The lowest BCUT2D eigenvalue weighted by molar-refractivity contribution is -0.142. The summed E-state index contributed by atoms with van der Waals surface area (Å²) in [4.78, 5) is 32.3. The molecule has 1 saturated carbocycles. The summed E-state index contributed by atoms with van der Waals surface area (Å²) in [7, 11) is 0. The van der Waals surface area contributed by atoms with E-state index in [4.69, 9.17) is 5.73 Å². The van der Waals surface area contributed by atoms with Crippen molar-refractivity contribution in [2.45, 2.75) is 32.4 Å². The number of amides is 1. The monoisotopic (exact) mass is 489 g/mol. The molecule has 0 saturated heterocycles. The molecule has 1 fully saturated rings. The lowest BCUT2D eigenvalue weighted by atomic mass is 9.88. The Hall–Kier alpha value is -2.95. The number of carboxylic acids is 1. The van der Waals surface area contributed by atoms with E-state index >= 15 is 0 Å². The van der Waals surface area contributed by atoms with Gasteiger partial charge in [0.05, 0.1) is 22.3 Å². The van der Waals surface area contributed by atoms with Crippen molar-refractivity contribution in [1.29, 1.82) is 0 Å². The van der Waals surface area contributed by atoms with Crippen LogP contribution in [0.5, 0.6) is 0 Å². The first-order valence-electron chi connectivity index (χ1n) is 10.0. The first-order chi connectivity index (χ1) is 14.7. The molecule has 2 heterocycles. The van der Waals surface area contributed by atoms with Crippen LogP contribution in [-0.4, -0.2) is 42.8 Å². The molecule has 0 spiro atoms. The molecular weight excluding hydrogens is 466 g/mol. The van der Waals surface area contributed by atoms with Gasteiger partial charge in [0.15, 0.2) is 6.04 Å². The molecule has 5 N–H and O–H groups in total. The van der Waals surface area contributed by atoms with E-state index in [1.54, 1.807) is 12.4 Å². The first-order valence-corrected chi connectivity index (χ1v) is 10.8. The van der Waals surface area contributed by atoms with E-state index in [2.05, 4.69) is 53.8 Å². The van der Waals surface area contributed by atoms with Crippen molar-refractivity contribution in [2.24, 2.45) is 29.4 Å². The summed E-state index contributed by atoms with van der Waals surface area (Å²) in [5.74, 6) is -0.420. The van der Waals surface area contributed by atoms with Gasteiger partial charge in [0.1, 0.15) is 5.82 Å². The maximum Gasteiger partial charge on any atom is 0.328 e. The summed E-state index contributed by atoms with van der Waals surface area (Å²) >= 11 is 3.46. The molecule has 2 bridgehead atoms. The molecule has 4 rings (SSSR count). The van der Waals surface area contributed by atoms with E-state index in [9.17, 15) is 14.7 Å². The second-order valence-electron chi connectivity index (χ2n) is 8.30. The number of carboxylic acid groups (broad SMARTS) is 1. The van der Waals surface area contributed by atoms with Crippen LogP contribution < -0.4 is 16.4 Å². The van der Waals surface area contributed by atoms with Crippen LogP contribution in [0.1, 0.15) is 26.3 Å². The van der Waals surface area contributed by atoms with Crippen LogP contribution in [0.25, 0.3) is 0 Å². The van der Waals surface area contributed by atoms with Crippen molar-refractivity contribution in [3.8, 4) is 0 Å². The fourth-order valence-electron chi connectivity index (χ4n) is 4.48. The highest BCUT2D eigenvalue weighted by molar-refractivity contribution is 9.10. The Labute approximate surface area is 187 Å². The van der Waals surface area contributed by atoms with Crippen molar-refractivity contribution in [2.75, 3.05) is 10.6 Å². The van der Waals surface area contributed by atoms with Crippen molar-refractivity contribution in [3.63, 3.8) is 0 Å². The average molecular weight is 490 g/mol. The summed E-state index contributed by atoms with van der Waals surface area (Å²) in [5, 5.41) is 20.0. The second kappa shape index (κ2) is 8.29. The highest BCUT2D eigenvalue weighted by Gasteiger charge is 2.47. The lowest BCUT2D eigenvalue weighted by Crippen LogP contribution is -2.41. The predicted octanol–water partition coefficient (Wildman–Crippen LogP) is 2.55. The minimum atomic E-state index is -0.944. The molecule has 2 aliphatic carbocycles. The summed E-state index contributed by atoms with van der Waals surface area (Å²) in [5.41, 5.74) is 6.21. The third-order valence-electron chi connectivity index (χ3n) is 5.86. The number of carbonyl (C=O) groups excluding carboxylic acids is 1. The van der Waals surface area contributed by atoms with Gasteiger partial charge in [-0.1, -0.05) is 26.0 Å². The van der Waals surface area contributed by atoms with Gasteiger partial charge in [-0.2, -0.15) is 10.1 Å². The summed E-state index contributed by atoms with van der Waals surface area (Å²) < 4.78 is 2.07. The molecule has 0 aliphatic heterocycles. The molecule has 10 nitrogen and oxygen atoms in total. The molecular formula is C20H24BrN7O3. The highest BCUT2D eigenvalue weighted by Crippen LogP contribution is 2.45. The number of halogens is 1. The smallest absolute Gasteiger partial charge is 0.328 e. The van der Waals surface area contributed by atoms with Crippen LogP contribution in [-0.2, 0) is 9.59 Å². The molecule has 1 unspecified atom stereocenters. The second-order valence-corrected chi connectivity index (χ2v) is 9.15. The van der Waals surface area contributed by atoms with Crippen LogP contribution in [0, 0.1) is 23.7 Å². The Kier molecular flexibility index (Phi) is 5.69. The zero-order valence-electron chi connectivity index (χ0n) is 17.1. The number of primary amides is 1. The molecule has 2 aromatic rings. The number of hydrogen-bond acceptors (Lipinski definition) is 7. The summed E-state index contributed by atoms with van der Waals surface area (Å²) in [6.07, 6.45) is 9.84. The zero-order chi connectivity index (χ0) is 22.3. The van der Waals surface area contributed by atoms with E-state index in [0.29, 0.717) is 21.9 Å². The van der Waals surface area contributed by atoms with Gasteiger partial charge in [0.2, 0.25) is 11.9 Å². The number of rotatable bonds is 8. The van der Waals surface area contributed by atoms with E-state index in [0.717, 1.165) is 6.42 Å². The Bertz CT molecular complexity index is 1040. The van der Waals surface area contributed by atoms with Crippen molar-refractivity contribution >= 4 is 45.3 Å². The number of nitrogens with one attached hydrogen (secondary N) is 2. The number of nitrogens with zero attached hydrogens (tertiary/aromatic N) is 4. The summed E-state index contributed by atoms with van der Waals surface area (Å²) in [6, 6.07) is -0.896. The predicted molar refractivity (Wildman–Crippen MR) is 118 cm³/mol. The highest BCUT2D eigenvalue weighted by atomic mass is 79.9. The average Bonchev–Trinajstić information content (AvgIpc) is 3.40. The van der Waals surface area contributed by atoms with Gasteiger partial charge in [0, 0.05) is 18.4 Å². The SMILES string of the molecule is CC(C)C(C(=O)O)n1cc(Nc2ncc(Br)c(N[C@H]3[C@H](C(N)=O)[C@@H]4C=C[C@@H]3C4)n2)cn1. The number of aliphatic carboxylic acids is 1. The first kappa shape index (κ1) is 21.3. The Balaban J connectivity index is 1.52. The molecule has 11 heteroatoms. The van der Waals surface area contributed by atoms with Gasteiger partial charge in [-0.05, 0) is 40.1 Å². The van der Waals surface area contributed by atoms with Gasteiger partial charge in [-0.3, -0.25) is 9.48 Å². The van der Waals surface area contributed by atoms with Crippen molar-refractivity contribution in [3.05, 3.63) is 35.2 Å². The van der Waals surface area contributed by atoms with Crippen LogP contribution >= 0.6 is 15.9 Å². The molecule has 164 valence electrons. The Morgan fingerprint density at radius 2 is 2.03 bits per heavy atom. The fraction of sp³-hybridized carbons (Fsp3) is 0.450. The molecule has 1 amide bonds. The molecule has 5 atom stereocenters. The maximum atomic E-state index is 12.0. The number of carbonyl (C=O) groups is 2. The standard InChI is InChI=1S/C20H24BrN7O3/c1-9(2)16(19(30)31)28-8-12(6-24-28)25-20-23-7-13(21)18(27-20)26-15-11-4-3-10(5-11)14(15)17(22)29/h3-4,6-11,14-16H,5H2,1-2H3,(H2,22,29)(H,30,31)(H2,23,25,26,27)/t10-,11-,14-,15-,16?/m1/s1. The zero-order valence-corrected chi connectivity index (χ0v) is 18.7. The Morgan fingerprint density at radius 1 is 1.29 bits per heavy atom. The van der Waals surface area contributed by atoms with Gasteiger partial charge in [0.25, 0.3) is 0 Å². The third-order valence-corrected chi connectivity index (χ3v) is 6.44. The van der Waals surface area contributed by atoms with Crippen molar-refractivity contribution in [1.82, 2.24) is 19.7 Å². The van der Waals surface area contributed by atoms with Crippen LogP contribution in [0.4, 0.5) is 17.5 Å². The van der Waals surface area contributed by atoms with Gasteiger partial charge in [-0.25, -0.2) is 9.78 Å². The van der Waals surface area contributed by atoms with E-state index in [-0.39, 0.29) is 35.6 Å². The van der Waals surface area contributed by atoms with Gasteiger partial charge < -0.3 is 21.5 Å². The molecule has 2 aliphatic rings. The number of fused-ring (bicyclic) bond motifs is 2. The third kappa shape index (κ3) is 4.14. The molecule has 2 aromatic heterocycles. The normalized spacial score (nSPS) is 25.0. The van der Waals surface area contributed by atoms with Gasteiger partial charge >= 0.3 is 5.97 Å². The quantitative estimate of drug-likeness (QED) is 0.413. The minimum Gasteiger partial charge on any atom is -0.480 e. The number of nitrogens with two attached hydrogens (primary N) is 1. The van der Waals surface area contributed by atoms with Crippen LogP contribution in [0.15, 0.2) is 35.2 Å². The lowest BCUT2D eigenvalue weighted by Gasteiger charge is -2.27. The number of hydrogen-bond donors (Lipinski definition) is 4.